The van der Waals surface area contributed by atoms with Gasteiger partial charge in [-0.2, -0.15) is 13.2 Å². The number of allylic oxidation sites excluding steroid dienone is 1. The Bertz CT molecular complexity index is 783. The maximum Gasteiger partial charge on any atom is 0.412 e. The molecule has 0 N–H and O–H groups in total. The van der Waals surface area contributed by atoms with Crippen molar-refractivity contribution in [1.82, 2.24) is 0 Å². The zero-order valence-electron chi connectivity index (χ0n) is 15.5. The number of rotatable bonds is 5. The zero-order valence-corrected chi connectivity index (χ0v) is 17.6. The van der Waals surface area contributed by atoms with Crippen LogP contribution in [0, 0.1) is 0 Å². The lowest BCUT2D eigenvalue weighted by molar-refractivity contribution is -0.0798. The summed E-state index contributed by atoms with van der Waals surface area (Å²) in [5.41, 5.74) is 3.58. The van der Waals surface area contributed by atoms with E-state index in [1.807, 2.05) is 0 Å². The molecule has 0 heterocycles. The van der Waals surface area contributed by atoms with Crippen LogP contribution in [0.2, 0.25) is 0 Å². The van der Waals surface area contributed by atoms with Crippen molar-refractivity contribution in [2.45, 2.75) is 54.5 Å². The Labute approximate surface area is 177 Å². The van der Waals surface area contributed by atoms with Crippen LogP contribution in [0.3, 0.4) is 0 Å². The van der Waals surface area contributed by atoms with Gasteiger partial charge in [0.1, 0.15) is 5.83 Å². The van der Waals surface area contributed by atoms with Crippen LogP contribution >= 0.6 is 22.6 Å². The average Bonchev–Trinajstić information content (AvgIpc) is 2.66. The Morgan fingerprint density at radius 3 is 1.86 bits per heavy atom. The van der Waals surface area contributed by atoms with Gasteiger partial charge < -0.3 is 0 Å². The predicted octanol–water partition coefficient (Wildman–Crippen LogP) is 7.81. The molecular formula is C23H23F4I. The molecule has 0 aromatic heterocycles. The van der Waals surface area contributed by atoms with Gasteiger partial charge in [-0.25, -0.2) is 4.39 Å². The molecule has 1 aliphatic rings. The molecule has 0 aliphatic heterocycles. The fraction of sp³-hybridized carbons (Fsp3) is 0.391. The van der Waals surface area contributed by atoms with Gasteiger partial charge in [0.25, 0.3) is 0 Å². The minimum absolute atomic E-state index is 0.0494. The van der Waals surface area contributed by atoms with E-state index >= 15 is 0 Å². The first-order chi connectivity index (χ1) is 13.3. The van der Waals surface area contributed by atoms with Crippen LogP contribution in [-0.4, -0.2) is 10.1 Å². The van der Waals surface area contributed by atoms with E-state index < -0.39 is 12.0 Å². The van der Waals surface area contributed by atoms with E-state index in [-0.39, 0.29) is 11.6 Å². The van der Waals surface area contributed by atoms with E-state index in [1.54, 1.807) is 12.1 Å². The topological polar surface area (TPSA) is 0 Å². The van der Waals surface area contributed by atoms with E-state index in [1.165, 1.54) is 48.9 Å². The summed E-state index contributed by atoms with van der Waals surface area (Å²) in [5.74, 6) is -0.585. The van der Waals surface area contributed by atoms with Crippen LogP contribution in [0.4, 0.5) is 17.6 Å². The predicted molar refractivity (Wildman–Crippen MR) is 114 cm³/mol. The molecule has 1 aliphatic carbocycles. The largest absolute Gasteiger partial charge is 0.412 e. The summed E-state index contributed by atoms with van der Waals surface area (Å²) >= 11 is 2.55. The Hall–Kier alpha value is -1.37. The fourth-order valence-electron chi connectivity index (χ4n) is 3.69. The van der Waals surface area contributed by atoms with Crippen LogP contribution in [0.5, 0.6) is 0 Å². The van der Waals surface area contributed by atoms with E-state index in [9.17, 15) is 17.6 Å². The molecule has 5 heteroatoms. The first kappa shape index (κ1) is 21.3. The third-order valence-electron chi connectivity index (χ3n) is 5.33. The highest BCUT2D eigenvalue weighted by molar-refractivity contribution is 14.1. The van der Waals surface area contributed by atoms with Gasteiger partial charge in [0.05, 0.1) is 6.08 Å². The number of aryl methyl sites for hydroxylation is 2. The SMILES string of the molecule is F/C(=C\C(F)(F)F)c1ccc(CCc2ccc(C3CCC(I)CC3)cc2)cc1. The van der Waals surface area contributed by atoms with Crippen molar-refractivity contribution in [3.63, 3.8) is 0 Å². The van der Waals surface area contributed by atoms with Crippen molar-refractivity contribution in [2.24, 2.45) is 0 Å². The van der Waals surface area contributed by atoms with Crippen LogP contribution in [0.25, 0.3) is 5.83 Å². The van der Waals surface area contributed by atoms with Gasteiger partial charge in [-0.05, 0) is 61.1 Å². The van der Waals surface area contributed by atoms with E-state index in [2.05, 4.69) is 46.9 Å². The number of halogens is 5. The Kier molecular flexibility index (Phi) is 7.18. The highest BCUT2D eigenvalue weighted by Gasteiger charge is 2.25. The molecule has 0 nitrogen and oxygen atoms in total. The molecule has 3 rings (SSSR count). The number of hydrogen-bond acceptors (Lipinski definition) is 0. The summed E-state index contributed by atoms with van der Waals surface area (Å²) < 4.78 is 51.1. The van der Waals surface area contributed by atoms with E-state index in [0.29, 0.717) is 5.92 Å². The van der Waals surface area contributed by atoms with Gasteiger partial charge in [0, 0.05) is 9.49 Å². The number of hydrogen-bond donors (Lipinski definition) is 0. The van der Waals surface area contributed by atoms with Gasteiger partial charge >= 0.3 is 6.18 Å². The molecule has 0 bridgehead atoms. The average molecular weight is 502 g/mol. The molecule has 150 valence electrons. The van der Waals surface area contributed by atoms with Crippen molar-refractivity contribution in [1.29, 1.82) is 0 Å². The summed E-state index contributed by atoms with van der Waals surface area (Å²) in [6.07, 6.45) is 1.77. The van der Waals surface area contributed by atoms with Gasteiger partial charge in [-0.15, -0.1) is 0 Å². The Balaban J connectivity index is 1.55. The summed E-state index contributed by atoms with van der Waals surface area (Å²) in [7, 11) is 0. The molecular weight excluding hydrogens is 479 g/mol. The second kappa shape index (κ2) is 9.42. The van der Waals surface area contributed by atoms with Gasteiger partial charge in [0.2, 0.25) is 0 Å². The first-order valence-electron chi connectivity index (χ1n) is 9.57. The molecule has 28 heavy (non-hydrogen) atoms. The standard InChI is InChI=1S/C23H23F4I/c24-22(15-23(25,26)27)20-9-5-17(6-10-20)2-1-16-3-7-18(8-4-16)19-11-13-21(28)14-12-19/h3-10,15,19,21H,1-2,11-14H2/b22-15-. The maximum absolute atomic E-state index is 13.6. The molecule has 0 unspecified atom stereocenters. The maximum atomic E-state index is 13.6. The first-order valence-corrected chi connectivity index (χ1v) is 10.8. The fourth-order valence-corrected chi connectivity index (χ4v) is 4.41. The third kappa shape index (κ3) is 6.33. The normalized spacial score (nSPS) is 21.0. The monoisotopic (exact) mass is 502 g/mol. The molecule has 2 aromatic rings. The second-order valence-electron chi connectivity index (χ2n) is 7.42. The highest BCUT2D eigenvalue weighted by atomic mass is 127. The molecule has 1 saturated carbocycles. The molecule has 0 atom stereocenters. The summed E-state index contributed by atoms with van der Waals surface area (Å²) in [4.78, 5) is 0. The van der Waals surface area contributed by atoms with Crippen molar-refractivity contribution in [3.05, 3.63) is 76.9 Å². The van der Waals surface area contributed by atoms with Crippen molar-refractivity contribution in [2.75, 3.05) is 0 Å². The smallest absolute Gasteiger partial charge is 0.206 e. The summed E-state index contributed by atoms with van der Waals surface area (Å²) in [6.45, 7) is 0. The number of benzene rings is 2. The molecule has 1 fully saturated rings. The summed E-state index contributed by atoms with van der Waals surface area (Å²) in [6, 6.07) is 15.0. The quantitative estimate of drug-likeness (QED) is 0.222. The van der Waals surface area contributed by atoms with Crippen LogP contribution in [0.1, 0.15) is 53.9 Å². The van der Waals surface area contributed by atoms with Crippen LogP contribution < -0.4 is 0 Å². The van der Waals surface area contributed by atoms with Gasteiger partial charge in [0.15, 0.2) is 0 Å². The van der Waals surface area contributed by atoms with Gasteiger partial charge in [-0.1, -0.05) is 71.1 Å². The van der Waals surface area contributed by atoms with E-state index in [4.69, 9.17) is 0 Å². The van der Waals surface area contributed by atoms with Crippen LogP contribution in [-0.2, 0) is 12.8 Å². The highest BCUT2D eigenvalue weighted by Crippen LogP contribution is 2.35. The number of alkyl halides is 4. The minimum atomic E-state index is -4.65. The zero-order chi connectivity index (χ0) is 20.1. The molecule has 0 amide bonds. The van der Waals surface area contributed by atoms with Crippen molar-refractivity contribution < 1.29 is 17.6 Å². The Morgan fingerprint density at radius 1 is 0.857 bits per heavy atom. The second-order valence-corrected chi connectivity index (χ2v) is 9.18. The summed E-state index contributed by atoms with van der Waals surface area (Å²) in [5, 5.41) is 0. The van der Waals surface area contributed by atoms with Crippen molar-refractivity contribution in [3.8, 4) is 0 Å². The molecule has 2 aromatic carbocycles. The van der Waals surface area contributed by atoms with Gasteiger partial charge in [-0.3, -0.25) is 0 Å². The molecule has 0 saturated heterocycles. The van der Waals surface area contributed by atoms with Crippen molar-refractivity contribution >= 4 is 28.4 Å². The third-order valence-corrected chi connectivity index (χ3v) is 6.58. The Morgan fingerprint density at radius 2 is 1.36 bits per heavy atom. The van der Waals surface area contributed by atoms with Crippen LogP contribution in [0.15, 0.2) is 54.6 Å². The lowest BCUT2D eigenvalue weighted by atomic mass is 9.84. The molecule has 0 spiro atoms. The lowest BCUT2D eigenvalue weighted by Gasteiger charge is -2.25. The lowest BCUT2D eigenvalue weighted by Crippen LogP contribution is -2.12. The minimum Gasteiger partial charge on any atom is -0.206 e. The molecule has 0 radical (unpaired) electrons. The van der Waals surface area contributed by atoms with E-state index in [0.717, 1.165) is 22.3 Å².